The molecule has 2 aliphatic rings. The highest BCUT2D eigenvalue weighted by molar-refractivity contribution is 6.06. The van der Waals surface area contributed by atoms with Gasteiger partial charge in [-0.15, -0.1) is 0 Å². The zero-order valence-electron chi connectivity index (χ0n) is 16.4. The zero-order chi connectivity index (χ0) is 20.5. The van der Waals surface area contributed by atoms with Crippen LogP contribution in [-0.2, 0) is 14.3 Å². The molecule has 1 amide bonds. The molecule has 0 N–H and O–H groups in total. The van der Waals surface area contributed by atoms with E-state index in [1.54, 1.807) is 17.0 Å². The van der Waals surface area contributed by atoms with Gasteiger partial charge in [0.25, 0.3) is 0 Å². The van der Waals surface area contributed by atoms with E-state index in [2.05, 4.69) is 0 Å². The summed E-state index contributed by atoms with van der Waals surface area (Å²) >= 11 is 0. The van der Waals surface area contributed by atoms with Crippen LogP contribution in [-0.4, -0.2) is 39.8 Å². The minimum atomic E-state index is -0.498. The number of carbonyl (C=O) groups excluding carboxylic acids is 2. The van der Waals surface area contributed by atoms with Crippen molar-refractivity contribution in [2.45, 2.75) is 12.3 Å². The molecule has 0 fully saturated rings. The van der Waals surface area contributed by atoms with E-state index in [9.17, 15) is 9.59 Å². The summed E-state index contributed by atoms with van der Waals surface area (Å²) in [5, 5.41) is 0. The maximum Gasteiger partial charge on any atom is 0.336 e. The van der Waals surface area contributed by atoms with Crippen LogP contribution >= 0.6 is 0 Å². The van der Waals surface area contributed by atoms with Crippen molar-refractivity contribution in [1.82, 2.24) is 0 Å². The van der Waals surface area contributed by atoms with Crippen LogP contribution in [0, 0.1) is 0 Å². The Kier molecular flexibility index (Phi) is 4.88. The Hall–Kier alpha value is -3.48. The zero-order valence-corrected chi connectivity index (χ0v) is 16.4. The molecule has 0 radical (unpaired) electrons. The van der Waals surface area contributed by atoms with Gasteiger partial charge in [-0.05, 0) is 18.2 Å². The second kappa shape index (κ2) is 7.50. The van der Waals surface area contributed by atoms with E-state index in [1.165, 1.54) is 21.3 Å². The van der Waals surface area contributed by atoms with Crippen molar-refractivity contribution in [3.63, 3.8) is 0 Å². The number of para-hydroxylation sites is 1. The SMILES string of the molecule is COc1ccc(C2CC(=O)N(c3ccccc3)C3=C2C(=O)OC3)c(OC)c1OC. The van der Waals surface area contributed by atoms with Crippen LogP contribution in [0.1, 0.15) is 17.9 Å². The van der Waals surface area contributed by atoms with Crippen LogP contribution in [0.15, 0.2) is 53.7 Å². The van der Waals surface area contributed by atoms with Gasteiger partial charge in [-0.1, -0.05) is 24.3 Å². The molecule has 7 heteroatoms. The van der Waals surface area contributed by atoms with Crippen molar-refractivity contribution in [2.24, 2.45) is 0 Å². The van der Waals surface area contributed by atoms with Crippen molar-refractivity contribution >= 4 is 17.6 Å². The molecule has 150 valence electrons. The topological polar surface area (TPSA) is 74.3 Å². The fourth-order valence-corrected chi connectivity index (χ4v) is 4.00. The van der Waals surface area contributed by atoms with E-state index in [0.717, 1.165) is 0 Å². The maximum atomic E-state index is 13.1. The highest BCUT2D eigenvalue weighted by atomic mass is 16.5. The van der Waals surface area contributed by atoms with Crippen molar-refractivity contribution in [3.8, 4) is 17.2 Å². The van der Waals surface area contributed by atoms with Gasteiger partial charge in [-0.3, -0.25) is 9.69 Å². The van der Waals surface area contributed by atoms with E-state index < -0.39 is 11.9 Å². The first-order chi connectivity index (χ1) is 14.1. The van der Waals surface area contributed by atoms with Gasteiger partial charge < -0.3 is 18.9 Å². The normalized spacial score (nSPS) is 18.4. The second-order valence-electron chi connectivity index (χ2n) is 6.68. The number of amides is 1. The molecule has 0 aromatic heterocycles. The molecule has 1 atom stereocenters. The molecular formula is C22H21NO6. The van der Waals surface area contributed by atoms with E-state index in [1.807, 2.05) is 30.3 Å². The Morgan fingerprint density at radius 1 is 0.931 bits per heavy atom. The van der Waals surface area contributed by atoms with Gasteiger partial charge in [0, 0.05) is 23.6 Å². The summed E-state index contributed by atoms with van der Waals surface area (Å²) in [6, 6.07) is 12.8. The van der Waals surface area contributed by atoms with Crippen LogP contribution in [0.2, 0.25) is 0 Å². The minimum Gasteiger partial charge on any atom is -0.493 e. The van der Waals surface area contributed by atoms with Gasteiger partial charge in [0.2, 0.25) is 11.7 Å². The molecule has 7 nitrogen and oxygen atoms in total. The van der Waals surface area contributed by atoms with Gasteiger partial charge in [0.05, 0.1) is 32.6 Å². The average Bonchev–Trinajstić information content (AvgIpc) is 3.13. The quantitative estimate of drug-likeness (QED) is 0.725. The highest BCUT2D eigenvalue weighted by Gasteiger charge is 2.44. The number of ether oxygens (including phenoxy) is 4. The van der Waals surface area contributed by atoms with Crippen molar-refractivity contribution < 1.29 is 28.5 Å². The van der Waals surface area contributed by atoms with Crippen molar-refractivity contribution in [2.75, 3.05) is 32.8 Å². The number of methoxy groups -OCH3 is 3. The Morgan fingerprint density at radius 2 is 1.66 bits per heavy atom. The smallest absolute Gasteiger partial charge is 0.336 e. The lowest BCUT2D eigenvalue weighted by Crippen LogP contribution is -2.37. The molecule has 0 saturated heterocycles. The molecule has 1 unspecified atom stereocenters. The lowest BCUT2D eigenvalue weighted by atomic mass is 9.83. The van der Waals surface area contributed by atoms with E-state index in [4.69, 9.17) is 18.9 Å². The first kappa shape index (κ1) is 18.9. The first-order valence-electron chi connectivity index (χ1n) is 9.17. The van der Waals surface area contributed by atoms with Gasteiger partial charge in [0.15, 0.2) is 11.5 Å². The molecule has 0 aliphatic carbocycles. The number of esters is 1. The summed E-state index contributed by atoms with van der Waals surface area (Å²) < 4.78 is 21.7. The van der Waals surface area contributed by atoms with Crippen LogP contribution in [0.4, 0.5) is 5.69 Å². The minimum absolute atomic E-state index is 0.0565. The van der Waals surface area contributed by atoms with E-state index in [-0.39, 0.29) is 18.9 Å². The Bertz CT molecular complexity index is 998. The molecule has 0 spiro atoms. The summed E-state index contributed by atoms with van der Waals surface area (Å²) in [6.45, 7) is 0.0565. The fraction of sp³-hybridized carbons (Fsp3) is 0.273. The van der Waals surface area contributed by atoms with Crippen LogP contribution in [0.3, 0.4) is 0 Å². The monoisotopic (exact) mass is 395 g/mol. The van der Waals surface area contributed by atoms with Crippen LogP contribution in [0.25, 0.3) is 0 Å². The standard InChI is InChI=1S/C22H21NO6/c1-26-17-10-9-14(20(27-2)21(17)28-3)15-11-18(24)23(13-7-5-4-6-8-13)16-12-29-22(25)19(15)16/h4-10,15H,11-12H2,1-3H3. The van der Waals surface area contributed by atoms with E-state index >= 15 is 0 Å². The third-order valence-electron chi connectivity index (χ3n) is 5.24. The summed E-state index contributed by atoms with van der Waals surface area (Å²) in [4.78, 5) is 27.3. The Labute approximate surface area is 168 Å². The van der Waals surface area contributed by atoms with Crippen molar-refractivity contribution in [3.05, 3.63) is 59.3 Å². The summed E-state index contributed by atoms with van der Waals surface area (Å²) in [5.74, 6) is 0.320. The number of hydrogen-bond acceptors (Lipinski definition) is 6. The van der Waals surface area contributed by atoms with Crippen LogP contribution in [0.5, 0.6) is 17.2 Å². The van der Waals surface area contributed by atoms with Crippen molar-refractivity contribution in [1.29, 1.82) is 0 Å². The lowest BCUT2D eigenvalue weighted by Gasteiger charge is -2.32. The van der Waals surface area contributed by atoms with E-state index in [0.29, 0.717) is 39.8 Å². The van der Waals surface area contributed by atoms with Gasteiger partial charge in [0.1, 0.15) is 6.61 Å². The maximum absolute atomic E-state index is 13.1. The second-order valence-corrected chi connectivity index (χ2v) is 6.68. The van der Waals surface area contributed by atoms with Gasteiger partial charge in [-0.2, -0.15) is 0 Å². The lowest BCUT2D eigenvalue weighted by molar-refractivity contribution is -0.136. The predicted octanol–water partition coefficient (Wildman–Crippen LogP) is 3.04. The fourth-order valence-electron chi connectivity index (χ4n) is 4.00. The third kappa shape index (κ3) is 2.99. The highest BCUT2D eigenvalue weighted by Crippen LogP contribution is 2.49. The summed E-state index contributed by atoms with van der Waals surface area (Å²) in [6.07, 6.45) is 0.106. The first-order valence-corrected chi connectivity index (χ1v) is 9.17. The average molecular weight is 395 g/mol. The largest absolute Gasteiger partial charge is 0.493 e. The summed E-state index contributed by atoms with van der Waals surface area (Å²) in [7, 11) is 4.57. The number of carbonyl (C=O) groups is 2. The predicted molar refractivity (Wildman–Crippen MR) is 105 cm³/mol. The number of hydrogen-bond donors (Lipinski definition) is 0. The molecule has 29 heavy (non-hydrogen) atoms. The van der Waals surface area contributed by atoms with Gasteiger partial charge >= 0.3 is 5.97 Å². The number of cyclic esters (lactones) is 1. The molecular weight excluding hydrogens is 374 g/mol. The third-order valence-corrected chi connectivity index (χ3v) is 5.24. The molecule has 0 saturated carbocycles. The Morgan fingerprint density at radius 3 is 2.31 bits per heavy atom. The molecule has 2 aromatic rings. The van der Waals surface area contributed by atoms with Gasteiger partial charge in [-0.25, -0.2) is 4.79 Å². The molecule has 4 rings (SSSR count). The molecule has 2 heterocycles. The molecule has 0 bridgehead atoms. The number of benzene rings is 2. The number of rotatable bonds is 5. The number of nitrogens with zero attached hydrogens (tertiary/aromatic N) is 1. The van der Waals surface area contributed by atoms with Crippen LogP contribution < -0.4 is 19.1 Å². The number of anilines is 1. The summed E-state index contributed by atoms with van der Waals surface area (Å²) in [5.41, 5.74) is 2.43. The molecule has 2 aliphatic heterocycles. The molecule has 2 aromatic carbocycles. The Balaban J connectivity index is 1.88.